The van der Waals surface area contributed by atoms with Gasteiger partial charge in [0.05, 0.1) is 17.8 Å². The van der Waals surface area contributed by atoms with Gasteiger partial charge in [-0.05, 0) is 36.5 Å². The van der Waals surface area contributed by atoms with Crippen molar-refractivity contribution in [3.05, 3.63) is 0 Å². The van der Waals surface area contributed by atoms with Gasteiger partial charge in [0.2, 0.25) is 6.29 Å². The average Bonchev–Trinajstić information content (AvgIpc) is 2.80. The van der Waals surface area contributed by atoms with E-state index in [1.807, 2.05) is 0 Å². The molecule has 2 aliphatic heterocycles. The number of ether oxygens (including phenoxy) is 2. The number of fused-ring (bicyclic) bond motifs is 12. The first kappa shape index (κ1) is 11.3. The molecular formula is C14H14O6. The van der Waals surface area contributed by atoms with E-state index in [0.29, 0.717) is 12.8 Å². The monoisotopic (exact) mass is 278 g/mol. The quantitative estimate of drug-likeness (QED) is 0.483. The molecule has 3 aliphatic carbocycles. The van der Waals surface area contributed by atoms with E-state index < -0.39 is 18.2 Å². The minimum Gasteiger partial charge on any atom is -0.435 e. The van der Waals surface area contributed by atoms with E-state index >= 15 is 0 Å². The molecule has 0 aromatic heterocycles. The molecule has 0 spiro atoms. The largest absolute Gasteiger partial charge is 0.435 e. The van der Waals surface area contributed by atoms with Crippen LogP contribution in [0.3, 0.4) is 0 Å². The molecule has 20 heavy (non-hydrogen) atoms. The Labute approximate surface area is 114 Å². The highest BCUT2D eigenvalue weighted by Gasteiger charge is 2.74. The van der Waals surface area contributed by atoms with Crippen LogP contribution in [0.1, 0.15) is 12.8 Å². The number of esters is 3. The number of carbonyl (C=O) groups excluding carboxylic acids is 3. The summed E-state index contributed by atoms with van der Waals surface area (Å²) in [5.74, 6) is -1.58. The van der Waals surface area contributed by atoms with Crippen LogP contribution in [-0.4, -0.2) is 29.3 Å². The third-order valence-electron chi connectivity index (χ3n) is 6.41. The van der Waals surface area contributed by atoms with Crippen molar-refractivity contribution in [3.8, 4) is 0 Å². The number of rotatable bonds is 0. The van der Waals surface area contributed by atoms with E-state index in [1.165, 1.54) is 0 Å². The second-order valence-electron chi connectivity index (χ2n) is 6.83. The molecule has 0 radical (unpaired) electrons. The van der Waals surface area contributed by atoms with Crippen molar-refractivity contribution in [2.75, 3.05) is 0 Å². The number of hydrogen-bond acceptors (Lipinski definition) is 6. The minimum atomic E-state index is -1.05. The van der Waals surface area contributed by atoms with E-state index in [-0.39, 0.29) is 53.3 Å². The van der Waals surface area contributed by atoms with Crippen LogP contribution in [0.4, 0.5) is 0 Å². The molecular weight excluding hydrogens is 264 g/mol. The molecule has 9 atom stereocenters. The van der Waals surface area contributed by atoms with Gasteiger partial charge in [0, 0.05) is 5.92 Å². The standard InChI is InChI=1S/C14H14O6/c15-11-3-1-4(12(16)19-11)8-7(3)9-5-2-6(10(8)9)14(18)20-13(5)17/h3-11,15H,1-2H2. The first-order chi connectivity index (χ1) is 9.58. The molecule has 5 rings (SSSR count). The third kappa shape index (κ3) is 1.03. The second kappa shape index (κ2) is 3.24. The third-order valence-corrected chi connectivity index (χ3v) is 6.41. The summed E-state index contributed by atoms with van der Waals surface area (Å²) < 4.78 is 9.85. The lowest BCUT2D eigenvalue weighted by Crippen LogP contribution is -2.50. The molecule has 0 aromatic carbocycles. The highest BCUT2D eigenvalue weighted by atomic mass is 16.6. The van der Waals surface area contributed by atoms with Crippen LogP contribution in [0.2, 0.25) is 0 Å². The fraction of sp³-hybridized carbons (Fsp3) is 0.786. The second-order valence-corrected chi connectivity index (χ2v) is 6.83. The summed E-state index contributed by atoms with van der Waals surface area (Å²) in [6.07, 6.45) is 0.136. The highest BCUT2D eigenvalue weighted by Crippen LogP contribution is 2.71. The fourth-order valence-electron chi connectivity index (χ4n) is 5.87. The van der Waals surface area contributed by atoms with E-state index in [1.54, 1.807) is 0 Å². The van der Waals surface area contributed by atoms with Crippen LogP contribution in [-0.2, 0) is 23.9 Å². The molecule has 1 N–H and O–H groups in total. The SMILES string of the molecule is O=C1OC(=O)C2CC1C1C2C2C3CC(C(=O)OC3O)C12. The fourth-order valence-corrected chi connectivity index (χ4v) is 5.87. The minimum absolute atomic E-state index is 0.0665. The van der Waals surface area contributed by atoms with Gasteiger partial charge in [-0.3, -0.25) is 14.4 Å². The van der Waals surface area contributed by atoms with Crippen molar-refractivity contribution in [1.29, 1.82) is 0 Å². The lowest BCUT2D eigenvalue weighted by molar-refractivity contribution is -0.192. The van der Waals surface area contributed by atoms with Gasteiger partial charge >= 0.3 is 17.9 Å². The summed E-state index contributed by atoms with van der Waals surface area (Å²) in [5, 5.41) is 9.94. The summed E-state index contributed by atoms with van der Waals surface area (Å²) in [5.41, 5.74) is 0. The van der Waals surface area contributed by atoms with Gasteiger partial charge in [0.25, 0.3) is 0 Å². The smallest absolute Gasteiger partial charge is 0.316 e. The number of carbonyl (C=O) groups is 3. The normalized spacial score (nSPS) is 58.5. The van der Waals surface area contributed by atoms with Gasteiger partial charge in [-0.25, -0.2) is 0 Å². The molecule has 9 unspecified atom stereocenters. The van der Waals surface area contributed by atoms with Crippen LogP contribution >= 0.6 is 0 Å². The lowest BCUT2D eigenvalue weighted by atomic mass is 9.53. The van der Waals surface area contributed by atoms with Gasteiger partial charge in [-0.15, -0.1) is 0 Å². The number of cyclic esters (lactones) is 3. The van der Waals surface area contributed by atoms with Crippen molar-refractivity contribution in [2.24, 2.45) is 47.3 Å². The first-order valence-electron chi connectivity index (χ1n) is 7.22. The van der Waals surface area contributed by atoms with Crippen LogP contribution in [0.5, 0.6) is 0 Å². The number of aliphatic hydroxyl groups is 1. The molecule has 5 aliphatic rings. The van der Waals surface area contributed by atoms with Crippen LogP contribution in [0.25, 0.3) is 0 Å². The summed E-state index contributed by atoms with van der Waals surface area (Å²) in [7, 11) is 0. The Hall–Kier alpha value is -1.43. The summed E-state index contributed by atoms with van der Waals surface area (Å²) >= 11 is 0. The van der Waals surface area contributed by atoms with Gasteiger partial charge in [0.15, 0.2) is 0 Å². The maximum Gasteiger partial charge on any atom is 0.316 e. The Morgan fingerprint density at radius 1 is 0.800 bits per heavy atom. The molecule has 106 valence electrons. The molecule has 0 aromatic rings. The zero-order valence-corrected chi connectivity index (χ0v) is 10.6. The average molecular weight is 278 g/mol. The van der Waals surface area contributed by atoms with E-state index in [4.69, 9.17) is 9.47 Å². The van der Waals surface area contributed by atoms with Crippen molar-refractivity contribution in [3.63, 3.8) is 0 Å². The van der Waals surface area contributed by atoms with Crippen LogP contribution in [0.15, 0.2) is 0 Å². The Balaban J connectivity index is 1.58. The van der Waals surface area contributed by atoms with Crippen LogP contribution < -0.4 is 0 Å². The van der Waals surface area contributed by atoms with Crippen molar-refractivity contribution in [2.45, 2.75) is 19.1 Å². The number of aliphatic hydroxyl groups excluding tert-OH is 1. The topological polar surface area (TPSA) is 89.9 Å². The van der Waals surface area contributed by atoms with E-state index in [0.717, 1.165) is 0 Å². The molecule has 4 bridgehead atoms. The Morgan fingerprint density at radius 3 is 2.00 bits per heavy atom. The van der Waals surface area contributed by atoms with Crippen molar-refractivity contribution >= 4 is 17.9 Å². The van der Waals surface area contributed by atoms with Crippen molar-refractivity contribution in [1.82, 2.24) is 0 Å². The molecule has 5 fully saturated rings. The molecule has 2 saturated heterocycles. The Bertz CT molecular complexity index is 550. The Kier molecular flexibility index (Phi) is 1.82. The zero-order valence-electron chi connectivity index (χ0n) is 10.6. The summed E-state index contributed by atoms with van der Waals surface area (Å²) in [6, 6.07) is 0. The van der Waals surface area contributed by atoms with Gasteiger partial charge in [0.1, 0.15) is 0 Å². The summed E-state index contributed by atoms with van der Waals surface area (Å²) in [6.45, 7) is 0. The molecule has 0 amide bonds. The summed E-state index contributed by atoms with van der Waals surface area (Å²) in [4.78, 5) is 35.7. The lowest BCUT2D eigenvalue weighted by Gasteiger charge is -2.49. The predicted octanol–water partition coefficient (Wildman–Crippen LogP) is -0.304. The Morgan fingerprint density at radius 2 is 1.35 bits per heavy atom. The maximum atomic E-state index is 11.9. The van der Waals surface area contributed by atoms with Gasteiger partial charge in [-0.1, -0.05) is 0 Å². The van der Waals surface area contributed by atoms with Gasteiger partial charge < -0.3 is 14.6 Å². The van der Waals surface area contributed by atoms with Gasteiger partial charge in [-0.2, -0.15) is 0 Å². The molecule has 3 saturated carbocycles. The molecule has 2 heterocycles. The maximum absolute atomic E-state index is 11.9. The number of hydrogen-bond donors (Lipinski definition) is 1. The highest BCUT2D eigenvalue weighted by molar-refractivity contribution is 5.93. The molecule has 6 nitrogen and oxygen atoms in total. The van der Waals surface area contributed by atoms with Crippen molar-refractivity contribution < 1.29 is 29.0 Å². The van der Waals surface area contributed by atoms with E-state index in [2.05, 4.69) is 0 Å². The zero-order chi connectivity index (χ0) is 13.8. The predicted molar refractivity (Wildman–Crippen MR) is 60.4 cm³/mol. The van der Waals surface area contributed by atoms with E-state index in [9.17, 15) is 19.5 Å². The molecule has 6 heteroatoms. The van der Waals surface area contributed by atoms with Crippen LogP contribution in [0, 0.1) is 47.3 Å². The first-order valence-corrected chi connectivity index (χ1v) is 7.22.